The monoisotopic (exact) mass is 520 g/mol. The molecule has 1 saturated heterocycles. The largest absolute Gasteiger partial charge is 0.368 e. The van der Waals surface area contributed by atoms with Crippen LogP contribution in [0.1, 0.15) is 61.3 Å². The molecular weight excluding hydrogens is 494 g/mol. The fourth-order valence-electron chi connectivity index (χ4n) is 6.66. The van der Waals surface area contributed by atoms with Crippen LogP contribution in [0.15, 0.2) is 30.3 Å². The van der Waals surface area contributed by atoms with E-state index in [9.17, 15) is 14.0 Å². The highest BCUT2D eigenvalue weighted by molar-refractivity contribution is 6.30. The maximum Gasteiger partial charge on any atom is 0.151 e. The van der Waals surface area contributed by atoms with Gasteiger partial charge in [0.05, 0.1) is 24.0 Å². The molecule has 3 heterocycles. The number of benzene rings is 2. The summed E-state index contributed by atoms with van der Waals surface area (Å²) < 4.78 is 30.7. The number of hydrogen-bond donors (Lipinski definition) is 0. The molecule has 4 aliphatic rings. The number of hydrogen-bond acceptors (Lipinski definition) is 5. The van der Waals surface area contributed by atoms with Gasteiger partial charge in [0.2, 0.25) is 0 Å². The van der Waals surface area contributed by atoms with Gasteiger partial charge in [0.1, 0.15) is 23.0 Å². The number of nitriles is 1. The van der Waals surface area contributed by atoms with Gasteiger partial charge in [-0.1, -0.05) is 18.5 Å². The highest BCUT2D eigenvalue weighted by Gasteiger charge is 2.55. The zero-order chi connectivity index (χ0) is 25.5. The Bertz CT molecular complexity index is 1460. The van der Waals surface area contributed by atoms with E-state index in [1.54, 1.807) is 6.07 Å². The van der Waals surface area contributed by atoms with Gasteiger partial charge in [-0.15, -0.1) is 10.2 Å². The number of nitrogens with zero attached hydrogens (tertiary/aromatic N) is 6. The third kappa shape index (κ3) is 3.51. The van der Waals surface area contributed by atoms with Crippen LogP contribution in [0, 0.1) is 28.4 Å². The molecule has 7 rings (SSSR count). The zero-order valence-electron chi connectivity index (χ0n) is 20.6. The second-order valence-corrected chi connectivity index (χ2v) is 11.7. The highest BCUT2D eigenvalue weighted by Crippen LogP contribution is 2.57. The van der Waals surface area contributed by atoms with Crippen molar-refractivity contribution in [2.45, 2.75) is 63.6 Å². The molecule has 2 aromatic carbocycles. The summed E-state index contributed by atoms with van der Waals surface area (Å²) in [5, 5.41) is 19.8. The molecule has 0 bridgehead atoms. The Morgan fingerprint density at radius 1 is 1.05 bits per heavy atom. The Balaban J connectivity index is 1.14. The molecule has 1 spiro atoms. The van der Waals surface area contributed by atoms with Gasteiger partial charge >= 0.3 is 0 Å². The fraction of sp³-hybridized carbons (Fsp3) is 0.464. The Kier molecular flexibility index (Phi) is 4.99. The number of aromatic nitrogens is 3. The van der Waals surface area contributed by atoms with Crippen LogP contribution in [-0.4, -0.2) is 38.3 Å². The molecular formula is C28H27ClF2N6. The lowest BCUT2D eigenvalue weighted by Gasteiger charge is -2.59. The molecule has 6 nitrogen and oxygen atoms in total. The summed E-state index contributed by atoms with van der Waals surface area (Å²) in [6.07, 6.45) is 4.20. The van der Waals surface area contributed by atoms with Gasteiger partial charge in [-0.3, -0.25) is 9.47 Å². The van der Waals surface area contributed by atoms with Crippen LogP contribution in [-0.2, 0) is 19.5 Å². The molecule has 37 heavy (non-hydrogen) atoms. The maximum absolute atomic E-state index is 14.5. The van der Waals surface area contributed by atoms with Gasteiger partial charge < -0.3 is 4.90 Å². The predicted molar refractivity (Wildman–Crippen MR) is 136 cm³/mol. The van der Waals surface area contributed by atoms with E-state index in [1.807, 2.05) is 30.0 Å². The SMILES string of the molecule is CCc1cc(N2CC3(CC(c4nnc5n4-c4ccc(Cl)cc4CN(C4(C#N)CC4)C5)C3)C2)c(F)cc1F. The predicted octanol–water partition coefficient (Wildman–Crippen LogP) is 5.52. The highest BCUT2D eigenvalue weighted by atomic mass is 35.5. The minimum Gasteiger partial charge on any atom is -0.368 e. The van der Waals surface area contributed by atoms with E-state index in [2.05, 4.69) is 25.7 Å². The van der Waals surface area contributed by atoms with Crippen molar-refractivity contribution in [3.8, 4) is 11.8 Å². The Labute approximate surface area is 219 Å². The molecule has 2 aliphatic heterocycles. The molecule has 9 heteroatoms. The molecule has 0 unspecified atom stereocenters. The summed E-state index contributed by atoms with van der Waals surface area (Å²) in [5.74, 6) is 1.10. The van der Waals surface area contributed by atoms with Crippen LogP contribution in [0.2, 0.25) is 5.02 Å². The van der Waals surface area contributed by atoms with Crippen LogP contribution in [0.25, 0.3) is 5.69 Å². The van der Waals surface area contributed by atoms with Gasteiger partial charge in [-0.2, -0.15) is 5.26 Å². The molecule has 190 valence electrons. The summed E-state index contributed by atoms with van der Waals surface area (Å²) in [6, 6.07) is 11.1. The van der Waals surface area contributed by atoms with Gasteiger partial charge in [-0.25, -0.2) is 8.78 Å². The standard InChI is InChI=1S/C28H27ClF2N6/c1-2-17-8-24(22(31)9-21(17)30)35-15-27(16-35)10-19(11-27)26-34-33-25-13-36(28(14-32)5-6-28)12-18-7-20(29)3-4-23(18)37(25)26/h3-4,7-9,19H,2,5-6,10-13,15-16H2,1H3. The molecule has 0 amide bonds. The Morgan fingerprint density at radius 3 is 2.54 bits per heavy atom. The summed E-state index contributed by atoms with van der Waals surface area (Å²) in [4.78, 5) is 4.24. The van der Waals surface area contributed by atoms with E-state index in [1.165, 1.54) is 0 Å². The first-order chi connectivity index (χ1) is 17.8. The topological polar surface area (TPSA) is 61.0 Å². The van der Waals surface area contributed by atoms with E-state index >= 15 is 0 Å². The molecule has 0 atom stereocenters. The summed E-state index contributed by atoms with van der Waals surface area (Å²) in [7, 11) is 0. The van der Waals surface area contributed by atoms with Gasteiger partial charge in [-0.05, 0) is 67.5 Å². The Hall–Kier alpha value is -3.02. The van der Waals surface area contributed by atoms with Gasteiger partial charge in [0, 0.05) is 42.1 Å². The van der Waals surface area contributed by atoms with Crippen molar-refractivity contribution in [1.82, 2.24) is 19.7 Å². The summed E-state index contributed by atoms with van der Waals surface area (Å²) >= 11 is 6.37. The Morgan fingerprint density at radius 2 is 1.84 bits per heavy atom. The van der Waals surface area contributed by atoms with Crippen LogP contribution in [0.5, 0.6) is 0 Å². The normalized spacial score (nSPS) is 21.4. The van der Waals surface area contributed by atoms with E-state index in [0.29, 0.717) is 35.8 Å². The summed E-state index contributed by atoms with van der Waals surface area (Å²) in [6.45, 7) is 4.63. The second-order valence-electron chi connectivity index (χ2n) is 11.3. The van der Waals surface area contributed by atoms with E-state index < -0.39 is 17.2 Å². The quantitative estimate of drug-likeness (QED) is 0.453. The fourth-order valence-corrected chi connectivity index (χ4v) is 6.86. The van der Waals surface area contributed by atoms with E-state index in [-0.39, 0.29) is 11.3 Å². The molecule has 2 aliphatic carbocycles. The number of rotatable bonds is 4. The molecule has 3 aromatic rings. The third-order valence-electron chi connectivity index (χ3n) is 8.88. The maximum atomic E-state index is 14.5. The smallest absolute Gasteiger partial charge is 0.151 e. The minimum atomic E-state index is -0.492. The lowest BCUT2D eigenvalue weighted by Crippen LogP contribution is -2.62. The molecule has 2 saturated carbocycles. The van der Waals surface area contributed by atoms with Crippen molar-refractivity contribution in [1.29, 1.82) is 5.26 Å². The summed E-state index contributed by atoms with van der Waals surface area (Å²) in [5.41, 5.74) is 2.86. The first-order valence-electron chi connectivity index (χ1n) is 13.0. The van der Waals surface area contributed by atoms with Crippen molar-refractivity contribution in [3.63, 3.8) is 0 Å². The van der Waals surface area contributed by atoms with Crippen molar-refractivity contribution in [3.05, 3.63) is 69.8 Å². The minimum absolute atomic E-state index is 0.128. The van der Waals surface area contributed by atoms with Crippen LogP contribution >= 0.6 is 11.6 Å². The van der Waals surface area contributed by atoms with Crippen LogP contribution < -0.4 is 4.90 Å². The lowest BCUT2D eigenvalue weighted by atomic mass is 9.57. The number of halogens is 3. The zero-order valence-corrected chi connectivity index (χ0v) is 21.4. The van der Waals surface area contributed by atoms with Crippen LogP contribution in [0.4, 0.5) is 14.5 Å². The molecule has 3 fully saturated rings. The van der Waals surface area contributed by atoms with Crippen molar-refractivity contribution in [2.24, 2.45) is 5.41 Å². The van der Waals surface area contributed by atoms with Gasteiger partial charge in [0.15, 0.2) is 5.82 Å². The number of anilines is 1. The van der Waals surface area contributed by atoms with Crippen LogP contribution in [0.3, 0.4) is 0 Å². The molecule has 1 aromatic heterocycles. The van der Waals surface area contributed by atoms with Crippen molar-refractivity contribution < 1.29 is 8.78 Å². The number of fused-ring (bicyclic) bond motifs is 3. The van der Waals surface area contributed by atoms with E-state index in [4.69, 9.17) is 11.6 Å². The third-order valence-corrected chi connectivity index (χ3v) is 9.12. The lowest BCUT2D eigenvalue weighted by molar-refractivity contribution is 0.0582. The van der Waals surface area contributed by atoms with Crippen molar-refractivity contribution >= 4 is 17.3 Å². The molecule has 0 N–H and O–H groups in total. The van der Waals surface area contributed by atoms with E-state index in [0.717, 1.165) is 67.7 Å². The van der Waals surface area contributed by atoms with Crippen molar-refractivity contribution in [2.75, 3.05) is 18.0 Å². The molecule has 0 radical (unpaired) electrons. The number of aryl methyl sites for hydroxylation is 1. The second kappa shape index (κ2) is 7.99. The average Bonchev–Trinajstić information content (AvgIpc) is 3.56. The van der Waals surface area contributed by atoms with Gasteiger partial charge in [0.25, 0.3) is 0 Å². The first kappa shape index (κ1) is 23.1. The average molecular weight is 521 g/mol. The first-order valence-corrected chi connectivity index (χ1v) is 13.3.